The molecule has 0 aliphatic carbocycles. The van der Waals surface area contributed by atoms with Crippen molar-refractivity contribution < 1.29 is 9.59 Å². The van der Waals surface area contributed by atoms with Crippen LogP contribution >= 0.6 is 24.2 Å². The molecule has 7 heteroatoms. The molecular formula is C16H22ClN3O2S. The maximum absolute atomic E-state index is 12.7. The van der Waals surface area contributed by atoms with Gasteiger partial charge in [0.15, 0.2) is 0 Å². The number of nitrogens with zero attached hydrogens (tertiary/aromatic N) is 2. The molecule has 0 bridgehead atoms. The Kier molecular flexibility index (Phi) is 6.33. The fraction of sp³-hybridized carbons (Fsp3) is 0.500. The molecule has 1 aromatic rings. The summed E-state index contributed by atoms with van der Waals surface area (Å²) in [4.78, 5) is 29.5. The number of amides is 2. The van der Waals surface area contributed by atoms with Crippen LogP contribution < -0.4 is 5.32 Å². The van der Waals surface area contributed by atoms with Crippen molar-refractivity contribution in [3.8, 4) is 0 Å². The molecule has 0 radical (unpaired) electrons. The van der Waals surface area contributed by atoms with Crippen molar-refractivity contribution in [1.29, 1.82) is 0 Å². The maximum atomic E-state index is 12.7. The van der Waals surface area contributed by atoms with Crippen molar-refractivity contribution in [3.63, 3.8) is 0 Å². The number of rotatable bonds is 3. The van der Waals surface area contributed by atoms with Crippen LogP contribution in [0.2, 0.25) is 0 Å². The highest BCUT2D eigenvalue weighted by molar-refractivity contribution is 7.99. The summed E-state index contributed by atoms with van der Waals surface area (Å²) < 4.78 is 0. The lowest BCUT2D eigenvalue weighted by Crippen LogP contribution is -2.50. The highest BCUT2D eigenvalue weighted by Crippen LogP contribution is 2.39. The first-order valence-electron chi connectivity index (χ1n) is 7.62. The molecule has 0 aromatic heterocycles. The van der Waals surface area contributed by atoms with Gasteiger partial charge in [0.2, 0.25) is 11.8 Å². The monoisotopic (exact) mass is 355 g/mol. The average molecular weight is 356 g/mol. The molecule has 1 unspecified atom stereocenters. The second-order valence-corrected chi connectivity index (χ2v) is 6.79. The van der Waals surface area contributed by atoms with Crippen LogP contribution in [0.25, 0.3) is 0 Å². The molecule has 0 spiro atoms. The van der Waals surface area contributed by atoms with E-state index >= 15 is 0 Å². The van der Waals surface area contributed by atoms with Gasteiger partial charge in [0.1, 0.15) is 0 Å². The first-order chi connectivity index (χ1) is 10.7. The van der Waals surface area contributed by atoms with Crippen LogP contribution in [0.3, 0.4) is 0 Å². The van der Waals surface area contributed by atoms with Gasteiger partial charge in [-0.15, -0.1) is 24.2 Å². The fourth-order valence-electron chi connectivity index (χ4n) is 2.93. The van der Waals surface area contributed by atoms with Crippen LogP contribution in [0, 0.1) is 0 Å². The minimum Gasteiger partial charge on any atom is -0.339 e. The van der Waals surface area contributed by atoms with E-state index in [2.05, 4.69) is 11.4 Å². The molecule has 1 N–H and O–H groups in total. The van der Waals surface area contributed by atoms with Gasteiger partial charge in [-0.2, -0.15) is 0 Å². The number of carbonyl (C=O) groups excluding carboxylic acids is 2. The molecule has 1 aromatic carbocycles. The Morgan fingerprint density at radius 3 is 2.74 bits per heavy atom. The van der Waals surface area contributed by atoms with Crippen LogP contribution in [-0.4, -0.2) is 67.1 Å². The second-order valence-electron chi connectivity index (χ2n) is 5.73. The van der Waals surface area contributed by atoms with E-state index in [-0.39, 0.29) is 36.7 Å². The van der Waals surface area contributed by atoms with Gasteiger partial charge in [0.25, 0.3) is 0 Å². The van der Waals surface area contributed by atoms with E-state index in [4.69, 9.17) is 0 Å². The normalized spacial score (nSPS) is 19.7. The van der Waals surface area contributed by atoms with Gasteiger partial charge in [-0.05, 0) is 11.6 Å². The molecule has 2 heterocycles. The third kappa shape index (κ3) is 4.00. The molecule has 0 saturated carbocycles. The van der Waals surface area contributed by atoms with Crippen molar-refractivity contribution in [3.05, 3.63) is 29.8 Å². The predicted molar refractivity (Wildman–Crippen MR) is 94.2 cm³/mol. The van der Waals surface area contributed by atoms with Gasteiger partial charge in [0, 0.05) is 43.9 Å². The minimum absolute atomic E-state index is 0. The lowest BCUT2D eigenvalue weighted by atomic mass is 10.00. The van der Waals surface area contributed by atoms with Gasteiger partial charge in [-0.1, -0.05) is 18.2 Å². The van der Waals surface area contributed by atoms with Gasteiger partial charge >= 0.3 is 0 Å². The van der Waals surface area contributed by atoms with Gasteiger partial charge in [0.05, 0.1) is 12.5 Å². The zero-order chi connectivity index (χ0) is 15.5. The molecular weight excluding hydrogens is 334 g/mol. The standard InChI is InChI=1S/C16H21N3O2S.ClH/c1-18(10-15(20)19-8-6-17-7-9-19)16(21)13-11-22-14-5-3-2-4-12(13)14;/h2-5,13,17H,6-11H2,1H3;1H. The van der Waals surface area contributed by atoms with Gasteiger partial charge in [-0.25, -0.2) is 0 Å². The number of nitrogens with one attached hydrogen (secondary N) is 1. The summed E-state index contributed by atoms with van der Waals surface area (Å²) in [5, 5.41) is 3.22. The van der Waals surface area contributed by atoms with E-state index in [1.165, 1.54) is 4.90 Å². The zero-order valence-corrected chi connectivity index (χ0v) is 14.8. The fourth-order valence-corrected chi connectivity index (χ4v) is 4.15. The molecule has 2 amide bonds. The Bertz CT molecular complexity index is 578. The van der Waals surface area contributed by atoms with E-state index in [0.29, 0.717) is 0 Å². The molecule has 1 atom stereocenters. The van der Waals surface area contributed by atoms with Crippen LogP contribution in [0.5, 0.6) is 0 Å². The summed E-state index contributed by atoms with van der Waals surface area (Å²) >= 11 is 1.72. The number of fused-ring (bicyclic) bond motifs is 1. The summed E-state index contributed by atoms with van der Waals surface area (Å²) in [7, 11) is 1.73. The van der Waals surface area contributed by atoms with Crippen LogP contribution in [0.4, 0.5) is 0 Å². The van der Waals surface area contributed by atoms with Crippen LogP contribution in [0.1, 0.15) is 11.5 Å². The minimum atomic E-state index is -0.123. The zero-order valence-electron chi connectivity index (χ0n) is 13.2. The third-order valence-electron chi connectivity index (χ3n) is 4.22. The SMILES string of the molecule is CN(CC(=O)N1CCNCC1)C(=O)C1CSc2ccccc21.Cl. The number of thioether (sulfide) groups is 1. The molecule has 2 aliphatic rings. The van der Waals surface area contributed by atoms with E-state index in [9.17, 15) is 9.59 Å². The number of carbonyl (C=O) groups is 2. The molecule has 1 saturated heterocycles. The summed E-state index contributed by atoms with van der Waals surface area (Å²) in [6.07, 6.45) is 0. The van der Waals surface area contributed by atoms with E-state index in [0.717, 1.165) is 37.5 Å². The molecule has 23 heavy (non-hydrogen) atoms. The Labute approximate surface area is 147 Å². The van der Waals surface area contributed by atoms with Crippen molar-refractivity contribution in [2.24, 2.45) is 0 Å². The van der Waals surface area contributed by atoms with Crippen molar-refractivity contribution in [2.45, 2.75) is 10.8 Å². The number of hydrogen-bond donors (Lipinski definition) is 1. The highest BCUT2D eigenvalue weighted by Gasteiger charge is 2.32. The van der Waals surface area contributed by atoms with Crippen molar-refractivity contribution >= 4 is 36.0 Å². The highest BCUT2D eigenvalue weighted by atomic mass is 35.5. The summed E-state index contributed by atoms with van der Waals surface area (Å²) in [5.74, 6) is 0.726. The van der Waals surface area contributed by atoms with Crippen molar-refractivity contribution in [1.82, 2.24) is 15.1 Å². The number of likely N-dealkylation sites (N-methyl/N-ethyl adjacent to an activating group) is 1. The summed E-state index contributed by atoms with van der Waals surface area (Å²) in [6.45, 7) is 3.28. The van der Waals surface area contributed by atoms with E-state index in [1.807, 2.05) is 23.1 Å². The molecule has 126 valence electrons. The molecule has 3 rings (SSSR count). The Balaban J connectivity index is 0.00000192. The molecule has 2 aliphatic heterocycles. The van der Waals surface area contributed by atoms with Crippen LogP contribution in [0.15, 0.2) is 29.2 Å². The van der Waals surface area contributed by atoms with Gasteiger partial charge < -0.3 is 15.1 Å². The Hall–Kier alpha value is -1.24. The maximum Gasteiger partial charge on any atom is 0.242 e. The third-order valence-corrected chi connectivity index (χ3v) is 5.40. The largest absolute Gasteiger partial charge is 0.339 e. The smallest absolute Gasteiger partial charge is 0.242 e. The topological polar surface area (TPSA) is 52.7 Å². The first kappa shape index (κ1) is 18.1. The van der Waals surface area contributed by atoms with Crippen LogP contribution in [-0.2, 0) is 9.59 Å². The Morgan fingerprint density at radius 1 is 1.30 bits per heavy atom. The molecule has 5 nitrogen and oxygen atoms in total. The summed E-state index contributed by atoms with van der Waals surface area (Å²) in [6, 6.07) is 8.04. The van der Waals surface area contributed by atoms with Gasteiger partial charge in [-0.3, -0.25) is 9.59 Å². The average Bonchev–Trinajstić information content (AvgIpc) is 2.99. The quantitative estimate of drug-likeness (QED) is 0.885. The van der Waals surface area contributed by atoms with Crippen molar-refractivity contribution in [2.75, 3.05) is 45.5 Å². The first-order valence-corrected chi connectivity index (χ1v) is 8.60. The summed E-state index contributed by atoms with van der Waals surface area (Å²) in [5.41, 5.74) is 1.10. The number of hydrogen-bond acceptors (Lipinski definition) is 4. The van der Waals surface area contributed by atoms with E-state index < -0.39 is 0 Å². The predicted octanol–water partition coefficient (Wildman–Crippen LogP) is 1.19. The number of piperazine rings is 1. The lowest BCUT2D eigenvalue weighted by molar-refractivity contribution is -0.140. The number of halogens is 1. The second kappa shape index (κ2) is 8.04. The molecule has 1 fully saturated rings. The number of benzene rings is 1. The Morgan fingerprint density at radius 2 is 2.00 bits per heavy atom. The van der Waals surface area contributed by atoms with E-state index in [1.54, 1.807) is 23.7 Å². The lowest BCUT2D eigenvalue weighted by Gasteiger charge is -2.30.